The van der Waals surface area contributed by atoms with Gasteiger partial charge in [0.1, 0.15) is 0 Å². The molecule has 1 aromatic heterocycles. The van der Waals surface area contributed by atoms with Crippen LogP contribution in [0.25, 0.3) is 0 Å². The van der Waals surface area contributed by atoms with Crippen LogP contribution in [0.4, 0.5) is 0 Å². The van der Waals surface area contributed by atoms with Gasteiger partial charge in [0.25, 0.3) is 0 Å². The predicted octanol–water partition coefficient (Wildman–Crippen LogP) is 2.28. The molecule has 1 atom stereocenters. The molecule has 1 heterocycles. The van der Waals surface area contributed by atoms with Crippen molar-refractivity contribution in [2.45, 2.75) is 46.2 Å². The lowest BCUT2D eigenvalue weighted by Gasteiger charge is -2.13. The summed E-state index contributed by atoms with van der Waals surface area (Å²) in [4.78, 5) is 0. The molecule has 5 nitrogen and oxygen atoms in total. The number of aromatic nitrogens is 4. The minimum absolute atomic E-state index is 0.182. The van der Waals surface area contributed by atoms with Gasteiger partial charge in [-0.2, -0.15) is 0 Å². The van der Waals surface area contributed by atoms with Crippen LogP contribution < -0.4 is 5.32 Å². The summed E-state index contributed by atoms with van der Waals surface area (Å²) in [6, 6.07) is 8.63. The molecule has 2 aromatic rings. The van der Waals surface area contributed by atoms with Crippen LogP contribution in [-0.2, 0) is 13.0 Å². The fourth-order valence-electron chi connectivity index (χ4n) is 2.25. The molecule has 1 unspecified atom stereocenters. The molecule has 0 saturated carbocycles. The predicted molar refractivity (Wildman–Crippen MR) is 79.4 cm³/mol. The van der Waals surface area contributed by atoms with E-state index in [4.69, 9.17) is 0 Å². The van der Waals surface area contributed by atoms with Crippen molar-refractivity contribution in [1.82, 2.24) is 25.5 Å². The van der Waals surface area contributed by atoms with E-state index in [0.29, 0.717) is 0 Å². The van der Waals surface area contributed by atoms with E-state index in [2.05, 4.69) is 65.9 Å². The lowest BCUT2D eigenvalue weighted by Crippen LogP contribution is -2.23. The highest BCUT2D eigenvalue weighted by Gasteiger charge is 2.13. The fourth-order valence-corrected chi connectivity index (χ4v) is 2.25. The third-order valence-electron chi connectivity index (χ3n) is 3.50. The molecule has 0 fully saturated rings. The average Bonchev–Trinajstić information content (AvgIpc) is 2.92. The summed E-state index contributed by atoms with van der Waals surface area (Å²) in [6.45, 7) is 8.19. The van der Waals surface area contributed by atoms with Gasteiger partial charge in [0.2, 0.25) is 0 Å². The summed E-state index contributed by atoms with van der Waals surface area (Å²) in [6.07, 6.45) is 2.06. The van der Waals surface area contributed by atoms with Crippen molar-refractivity contribution in [1.29, 1.82) is 0 Å². The first kappa shape index (κ1) is 14.7. The van der Waals surface area contributed by atoms with Gasteiger partial charge in [-0.15, -0.1) is 5.10 Å². The first-order valence-corrected chi connectivity index (χ1v) is 7.26. The van der Waals surface area contributed by atoms with E-state index in [1.165, 1.54) is 11.1 Å². The third kappa shape index (κ3) is 3.63. The lowest BCUT2D eigenvalue weighted by atomic mass is 10.1. The van der Waals surface area contributed by atoms with Crippen molar-refractivity contribution >= 4 is 0 Å². The lowest BCUT2D eigenvalue weighted by molar-refractivity contribution is 0.486. The maximum absolute atomic E-state index is 4.14. The normalized spacial score (nSPS) is 12.6. The fraction of sp³-hybridized carbons (Fsp3) is 0.533. The largest absolute Gasteiger partial charge is 0.307 e. The van der Waals surface area contributed by atoms with E-state index in [1.807, 2.05) is 4.68 Å². The van der Waals surface area contributed by atoms with Crippen molar-refractivity contribution < 1.29 is 0 Å². The Bertz CT molecular complexity index is 535. The smallest absolute Gasteiger partial charge is 0.167 e. The molecule has 0 saturated heterocycles. The van der Waals surface area contributed by atoms with Crippen LogP contribution in [0.5, 0.6) is 0 Å². The van der Waals surface area contributed by atoms with Crippen molar-refractivity contribution in [3.8, 4) is 0 Å². The van der Waals surface area contributed by atoms with Crippen molar-refractivity contribution in [3.05, 3.63) is 41.2 Å². The minimum atomic E-state index is 0.182. The van der Waals surface area contributed by atoms with Crippen molar-refractivity contribution in [2.24, 2.45) is 0 Å². The standard InChI is InChI=1S/C15H23N5/c1-4-10-16-13(3)15-17-18-19-20(15)11-9-14-8-6-5-7-12(14)2/h5-8,13,16H,4,9-11H2,1-3H3. The SMILES string of the molecule is CCCNC(C)c1nnnn1CCc1ccccc1C. The van der Waals surface area contributed by atoms with Crippen LogP contribution in [0.15, 0.2) is 24.3 Å². The molecule has 0 aliphatic rings. The second-order valence-corrected chi connectivity index (χ2v) is 5.11. The third-order valence-corrected chi connectivity index (χ3v) is 3.50. The zero-order valence-electron chi connectivity index (χ0n) is 12.5. The zero-order chi connectivity index (χ0) is 14.4. The monoisotopic (exact) mass is 273 g/mol. The molecule has 0 bridgehead atoms. The molecule has 5 heteroatoms. The van der Waals surface area contributed by atoms with Gasteiger partial charge < -0.3 is 5.32 Å². The number of tetrazole rings is 1. The van der Waals surface area contributed by atoms with E-state index < -0.39 is 0 Å². The first-order valence-electron chi connectivity index (χ1n) is 7.26. The van der Waals surface area contributed by atoms with E-state index in [0.717, 1.165) is 31.8 Å². The van der Waals surface area contributed by atoms with Crippen LogP contribution in [-0.4, -0.2) is 26.8 Å². The maximum Gasteiger partial charge on any atom is 0.167 e. The molecule has 0 amide bonds. The zero-order valence-corrected chi connectivity index (χ0v) is 12.5. The van der Waals surface area contributed by atoms with Gasteiger partial charge in [-0.1, -0.05) is 31.2 Å². The van der Waals surface area contributed by atoms with Crippen LogP contribution >= 0.6 is 0 Å². The molecule has 1 N–H and O–H groups in total. The number of hydrogen-bond acceptors (Lipinski definition) is 4. The summed E-state index contributed by atoms with van der Waals surface area (Å²) in [7, 11) is 0. The summed E-state index contributed by atoms with van der Waals surface area (Å²) in [5.74, 6) is 0.909. The molecule has 0 radical (unpaired) electrons. The Labute approximate surface area is 120 Å². The van der Waals surface area contributed by atoms with Gasteiger partial charge in [-0.3, -0.25) is 0 Å². The van der Waals surface area contributed by atoms with E-state index in [9.17, 15) is 0 Å². The quantitative estimate of drug-likeness (QED) is 0.841. The van der Waals surface area contributed by atoms with Crippen LogP contribution in [0.2, 0.25) is 0 Å². The van der Waals surface area contributed by atoms with Crippen LogP contribution in [0, 0.1) is 6.92 Å². The Morgan fingerprint density at radius 1 is 1.30 bits per heavy atom. The summed E-state index contributed by atoms with van der Waals surface area (Å²) < 4.78 is 1.90. The Hall–Kier alpha value is -1.75. The molecule has 0 spiro atoms. The number of benzene rings is 1. The minimum Gasteiger partial charge on any atom is -0.307 e. The topological polar surface area (TPSA) is 55.6 Å². The number of hydrogen-bond donors (Lipinski definition) is 1. The Kier molecular flexibility index (Phi) is 5.24. The number of nitrogens with one attached hydrogen (secondary N) is 1. The molecule has 0 aliphatic carbocycles. The van der Waals surface area contributed by atoms with Gasteiger partial charge >= 0.3 is 0 Å². The van der Waals surface area contributed by atoms with Crippen molar-refractivity contribution in [3.63, 3.8) is 0 Å². The second kappa shape index (κ2) is 7.14. The molecule has 0 aliphatic heterocycles. The van der Waals surface area contributed by atoms with Gasteiger partial charge in [-0.25, -0.2) is 4.68 Å². The Morgan fingerprint density at radius 2 is 2.10 bits per heavy atom. The highest BCUT2D eigenvalue weighted by molar-refractivity contribution is 5.25. The summed E-state index contributed by atoms with van der Waals surface area (Å²) in [5.41, 5.74) is 2.67. The molecule has 20 heavy (non-hydrogen) atoms. The molecule has 108 valence electrons. The highest BCUT2D eigenvalue weighted by atomic mass is 15.5. The van der Waals surface area contributed by atoms with E-state index in [-0.39, 0.29) is 6.04 Å². The number of aryl methyl sites for hydroxylation is 3. The summed E-state index contributed by atoms with van der Waals surface area (Å²) in [5, 5.41) is 15.5. The van der Waals surface area contributed by atoms with Gasteiger partial charge in [0.15, 0.2) is 5.82 Å². The van der Waals surface area contributed by atoms with E-state index in [1.54, 1.807) is 0 Å². The van der Waals surface area contributed by atoms with Gasteiger partial charge in [0.05, 0.1) is 6.04 Å². The van der Waals surface area contributed by atoms with Crippen LogP contribution in [0.1, 0.15) is 43.3 Å². The highest BCUT2D eigenvalue weighted by Crippen LogP contribution is 2.11. The Morgan fingerprint density at radius 3 is 2.85 bits per heavy atom. The van der Waals surface area contributed by atoms with E-state index >= 15 is 0 Å². The second-order valence-electron chi connectivity index (χ2n) is 5.11. The number of rotatable bonds is 7. The van der Waals surface area contributed by atoms with Gasteiger partial charge in [0, 0.05) is 6.54 Å². The molecule has 2 rings (SSSR count). The molecule has 1 aromatic carbocycles. The van der Waals surface area contributed by atoms with Gasteiger partial charge in [-0.05, 0) is 54.8 Å². The summed E-state index contributed by atoms with van der Waals surface area (Å²) >= 11 is 0. The molecular weight excluding hydrogens is 250 g/mol. The maximum atomic E-state index is 4.14. The number of nitrogens with zero attached hydrogens (tertiary/aromatic N) is 4. The van der Waals surface area contributed by atoms with Crippen LogP contribution in [0.3, 0.4) is 0 Å². The van der Waals surface area contributed by atoms with Crippen molar-refractivity contribution in [2.75, 3.05) is 6.54 Å². The average molecular weight is 273 g/mol. The Balaban J connectivity index is 2.00. The molecular formula is C15H23N5. The first-order chi connectivity index (χ1) is 9.72.